The van der Waals surface area contributed by atoms with Crippen LogP contribution < -0.4 is 0 Å². The monoisotopic (exact) mass is 379 g/mol. The van der Waals surface area contributed by atoms with Crippen LogP contribution in [0.4, 0.5) is 9.18 Å². The Morgan fingerprint density at radius 3 is 2.15 bits per heavy atom. The highest BCUT2D eigenvalue weighted by molar-refractivity contribution is 8.13. The van der Waals surface area contributed by atoms with Crippen LogP contribution in [0, 0.1) is 5.82 Å². The Kier molecular flexibility index (Phi) is 6.13. The largest absolute Gasteiger partial charge is 0.339 e. The number of benzene rings is 1. The predicted molar refractivity (Wildman–Crippen MR) is 97.3 cm³/mol. The molecule has 0 saturated carbocycles. The van der Waals surface area contributed by atoms with Crippen LogP contribution in [0.2, 0.25) is 0 Å². The highest BCUT2D eigenvalue weighted by Crippen LogP contribution is 2.17. The summed E-state index contributed by atoms with van der Waals surface area (Å²) in [6, 6.07) is 5.93. The first-order chi connectivity index (χ1) is 12.5. The zero-order chi connectivity index (χ0) is 18.5. The number of hydrogen-bond donors (Lipinski definition) is 0. The van der Waals surface area contributed by atoms with Gasteiger partial charge in [-0.05, 0) is 17.7 Å². The Bertz CT molecular complexity index is 675. The minimum absolute atomic E-state index is 0.0107. The molecule has 140 valence electrons. The Morgan fingerprint density at radius 2 is 1.58 bits per heavy atom. The van der Waals surface area contributed by atoms with Gasteiger partial charge in [0.15, 0.2) is 0 Å². The second-order valence-corrected chi connectivity index (χ2v) is 7.46. The summed E-state index contributed by atoms with van der Waals surface area (Å²) in [5, 5.41) is 0.0500. The Morgan fingerprint density at radius 1 is 0.962 bits per heavy atom. The van der Waals surface area contributed by atoms with Gasteiger partial charge in [-0.2, -0.15) is 0 Å². The van der Waals surface area contributed by atoms with Crippen molar-refractivity contribution < 1.29 is 18.8 Å². The minimum Gasteiger partial charge on any atom is -0.339 e. The lowest BCUT2D eigenvalue weighted by Crippen LogP contribution is -2.51. The van der Waals surface area contributed by atoms with Gasteiger partial charge in [-0.15, -0.1) is 0 Å². The molecule has 0 radical (unpaired) electrons. The number of amides is 3. The third-order valence-corrected chi connectivity index (χ3v) is 5.59. The van der Waals surface area contributed by atoms with E-state index in [1.165, 1.54) is 23.9 Å². The van der Waals surface area contributed by atoms with Gasteiger partial charge in [-0.25, -0.2) is 4.39 Å². The first-order valence-corrected chi connectivity index (χ1v) is 9.73. The van der Waals surface area contributed by atoms with Crippen molar-refractivity contribution in [1.29, 1.82) is 0 Å². The van der Waals surface area contributed by atoms with Gasteiger partial charge < -0.3 is 14.7 Å². The van der Waals surface area contributed by atoms with Gasteiger partial charge in [0.2, 0.25) is 11.8 Å². The molecule has 1 aromatic carbocycles. The third kappa shape index (κ3) is 4.75. The molecule has 2 aliphatic heterocycles. The zero-order valence-electron chi connectivity index (χ0n) is 14.5. The van der Waals surface area contributed by atoms with Crippen LogP contribution in [-0.4, -0.2) is 76.8 Å². The van der Waals surface area contributed by atoms with Gasteiger partial charge in [-0.3, -0.25) is 14.4 Å². The molecule has 0 unspecified atom stereocenters. The van der Waals surface area contributed by atoms with Gasteiger partial charge in [0.05, 0.1) is 6.42 Å². The van der Waals surface area contributed by atoms with Crippen LogP contribution in [0.1, 0.15) is 12.0 Å². The van der Waals surface area contributed by atoms with Crippen LogP contribution in [0.5, 0.6) is 0 Å². The molecule has 2 heterocycles. The molecule has 8 heteroatoms. The van der Waals surface area contributed by atoms with E-state index in [9.17, 15) is 18.8 Å². The average molecular weight is 379 g/mol. The summed E-state index contributed by atoms with van der Waals surface area (Å²) in [4.78, 5) is 41.4. The van der Waals surface area contributed by atoms with Crippen molar-refractivity contribution in [2.45, 2.75) is 12.8 Å². The SMILES string of the molecule is O=C(CCN1CCSC1=O)N1CCN(C(=O)Cc2ccc(F)cc2)CC1. The van der Waals surface area contributed by atoms with Crippen LogP contribution in [0.3, 0.4) is 0 Å². The number of nitrogens with zero attached hydrogens (tertiary/aromatic N) is 3. The lowest BCUT2D eigenvalue weighted by molar-refractivity contribution is -0.139. The molecule has 0 N–H and O–H groups in total. The van der Waals surface area contributed by atoms with Gasteiger partial charge >= 0.3 is 0 Å². The molecule has 0 aliphatic carbocycles. The smallest absolute Gasteiger partial charge is 0.281 e. The number of piperazine rings is 1. The van der Waals surface area contributed by atoms with E-state index < -0.39 is 0 Å². The lowest BCUT2D eigenvalue weighted by Gasteiger charge is -2.35. The van der Waals surface area contributed by atoms with Crippen LogP contribution in [-0.2, 0) is 16.0 Å². The quantitative estimate of drug-likeness (QED) is 0.780. The maximum atomic E-state index is 12.9. The molecule has 26 heavy (non-hydrogen) atoms. The first kappa shape index (κ1) is 18.7. The fraction of sp³-hybridized carbons (Fsp3) is 0.500. The molecular formula is C18H22FN3O3S. The number of hydrogen-bond acceptors (Lipinski definition) is 4. The molecule has 1 aromatic rings. The van der Waals surface area contributed by atoms with E-state index in [1.54, 1.807) is 26.8 Å². The van der Waals surface area contributed by atoms with Gasteiger partial charge in [-0.1, -0.05) is 23.9 Å². The summed E-state index contributed by atoms with van der Waals surface area (Å²) in [7, 11) is 0. The number of carbonyl (C=O) groups excluding carboxylic acids is 3. The molecular weight excluding hydrogens is 357 g/mol. The Balaban J connectivity index is 1.41. The van der Waals surface area contributed by atoms with Crippen molar-refractivity contribution in [2.75, 3.05) is 45.0 Å². The van der Waals surface area contributed by atoms with E-state index in [0.29, 0.717) is 45.7 Å². The normalized spacial score (nSPS) is 17.7. The van der Waals surface area contributed by atoms with Gasteiger partial charge in [0.25, 0.3) is 5.24 Å². The van der Waals surface area contributed by atoms with Crippen LogP contribution in [0.15, 0.2) is 24.3 Å². The molecule has 0 aromatic heterocycles. The topological polar surface area (TPSA) is 60.9 Å². The standard InChI is InChI=1S/C18H22FN3O3S/c19-15-3-1-14(2-4-15)13-17(24)21-9-7-20(8-10-21)16(23)5-6-22-11-12-26-18(22)25/h1-4H,5-13H2. The van der Waals surface area contributed by atoms with E-state index in [1.807, 2.05) is 0 Å². The van der Waals surface area contributed by atoms with Crippen molar-refractivity contribution in [1.82, 2.24) is 14.7 Å². The fourth-order valence-corrected chi connectivity index (χ4v) is 3.96. The number of halogens is 1. The Labute approximate surface area is 156 Å². The average Bonchev–Trinajstić information content (AvgIpc) is 3.06. The molecule has 3 rings (SSSR count). The van der Waals surface area contributed by atoms with Crippen LogP contribution >= 0.6 is 11.8 Å². The van der Waals surface area contributed by atoms with Crippen molar-refractivity contribution in [3.05, 3.63) is 35.6 Å². The summed E-state index contributed by atoms with van der Waals surface area (Å²) in [5.41, 5.74) is 0.781. The fourth-order valence-electron chi connectivity index (χ4n) is 3.11. The van der Waals surface area contributed by atoms with E-state index in [-0.39, 0.29) is 29.3 Å². The third-order valence-electron chi connectivity index (χ3n) is 4.69. The highest BCUT2D eigenvalue weighted by Gasteiger charge is 2.26. The second kappa shape index (κ2) is 8.53. The highest BCUT2D eigenvalue weighted by atomic mass is 32.2. The number of thioether (sulfide) groups is 1. The molecule has 0 bridgehead atoms. The maximum absolute atomic E-state index is 12.9. The molecule has 0 atom stereocenters. The minimum atomic E-state index is -0.317. The summed E-state index contributed by atoms with van der Waals surface area (Å²) in [6.07, 6.45) is 0.568. The van der Waals surface area contributed by atoms with Crippen LogP contribution in [0.25, 0.3) is 0 Å². The number of carbonyl (C=O) groups is 3. The summed E-state index contributed by atoms with van der Waals surface area (Å²) in [5.74, 6) is 0.494. The molecule has 3 amide bonds. The van der Waals surface area contributed by atoms with E-state index in [0.717, 1.165) is 11.3 Å². The Hall–Kier alpha value is -2.09. The summed E-state index contributed by atoms with van der Waals surface area (Å²) < 4.78 is 12.9. The molecule has 2 saturated heterocycles. The molecule has 0 spiro atoms. The molecule has 6 nitrogen and oxygen atoms in total. The molecule has 2 aliphatic rings. The van der Waals surface area contributed by atoms with Gasteiger partial charge in [0.1, 0.15) is 5.82 Å². The first-order valence-electron chi connectivity index (χ1n) is 8.74. The van der Waals surface area contributed by atoms with E-state index in [2.05, 4.69) is 0 Å². The number of rotatable bonds is 5. The van der Waals surface area contributed by atoms with E-state index in [4.69, 9.17) is 0 Å². The maximum Gasteiger partial charge on any atom is 0.281 e. The van der Waals surface area contributed by atoms with Crippen molar-refractivity contribution in [3.63, 3.8) is 0 Å². The van der Waals surface area contributed by atoms with Crippen molar-refractivity contribution in [2.24, 2.45) is 0 Å². The molecule has 2 fully saturated rings. The second-order valence-electron chi connectivity index (χ2n) is 6.42. The summed E-state index contributed by atoms with van der Waals surface area (Å²) in [6.45, 7) is 3.21. The lowest BCUT2D eigenvalue weighted by atomic mass is 10.1. The van der Waals surface area contributed by atoms with Gasteiger partial charge in [0, 0.05) is 51.4 Å². The zero-order valence-corrected chi connectivity index (χ0v) is 15.3. The van der Waals surface area contributed by atoms with Crippen molar-refractivity contribution >= 4 is 28.8 Å². The summed E-state index contributed by atoms with van der Waals surface area (Å²) >= 11 is 1.29. The van der Waals surface area contributed by atoms with E-state index >= 15 is 0 Å². The predicted octanol–water partition coefficient (Wildman–Crippen LogP) is 1.60. The van der Waals surface area contributed by atoms with Crippen molar-refractivity contribution in [3.8, 4) is 0 Å².